The van der Waals surface area contributed by atoms with Gasteiger partial charge in [0.25, 0.3) is 0 Å². The van der Waals surface area contributed by atoms with E-state index in [-0.39, 0.29) is 36.4 Å². The summed E-state index contributed by atoms with van der Waals surface area (Å²) in [6.07, 6.45) is 0.920. The van der Waals surface area contributed by atoms with Crippen LogP contribution in [0.3, 0.4) is 0 Å². The highest BCUT2D eigenvalue weighted by atomic mass is 127. The molecule has 28 heavy (non-hydrogen) atoms. The number of hydrogen-bond acceptors (Lipinski definition) is 2. The molecule has 1 unspecified atom stereocenters. The number of amides is 1. The fourth-order valence-electron chi connectivity index (χ4n) is 3.35. The van der Waals surface area contributed by atoms with Gasteiger partial charge in [0.2, 0.25) is 5.91 Å². The molecule has 0 saturated carbocycles. The molecule has 0 aliphatic carbocycles. The van der Waals surface area contributed by atoms with Crippen molar-refractivity contribution in [3.63, 3.8) is 0 Å². The Balaban J connectivity index is 0.00000280. The zero-order valence-corrected chi connectivity index (χ0v) is 18.9. The van der Waals surface area contributed by atoms with Crippen molar-refractivity contribution in [3.8, 4) is 0 Å². The molecule has 5 nitrogen and oxygen atoms in total. The number of carbonyl (C=O) groups excluding carboxylic acids is 1. The summed E-state index contributed by atoms with van der Waals surface area (Å²) in [4.78, 5) is 18.7. The number of fused-ring (bicyclic) bond motifs is 1. The van der Waals surface area contributed by atoms with Gasteiger partial charge in [0, 0.05) is 26.7 Å². The van der Waals surface area contributed by atoms with Gasteiger partial charge in [0.1, 0.15) is 0 Å². The van der Waals surface area contributed by atoms with E-state index in [1.165, 1.54) is 16.7 Å². The van der Waals surface area contributed by atoms with Crippen LogP contribution in [0.5, 0.6) is 0 Å². The molecule has 1 aliphatic heterocycles. The monoisotopic (exact) mass is 492 g/mol. The molecule has 0 bridgehead atoms. The van der Waals surface area contributed by atoms with Gasteiger partial charge < -0.3 is 15.5 Å². The molecule has 0 fully saturated rings. The van der Waals surface area contributed by atoms with Crippen LogP contribution in [0.25, 0.3) is 0 Å². The molecule has 0 aromatic heterocycles. The van der Waals surface area contributed by atoms with Crippen LogP contribution in [-0.2, 0) is 17.8 Å². The summed E-state index contributed by atoms with van der Waals surface area (Å²) in [5.74, 6) is 1.12. The van der Waals surface area contributed by atoms with Gasteiger partial charge in [-0.05, 0) is 29.0 Å². The Kier molecular flexibility index (Phi) is 8.76. The second-order valence-electron chi connectivity index (χ2n) is 6.95. The molecule has 150 valence electrons. The SMILES string of the molecule is CN=C(NCC(=O)N1CCc2ccccc2C1)NCC(C)c1ccccc1.I. The molecule has 1 aliphatic rings. The topological polar surface area (TPSA) is 56.7 Å². The zero-order valence-electron chi connectivity index (χ0n) is 16.5. The Morgan fingerprint density at radius 1 is 1.07 bits per heavy atom. The van der Waals surface area contributed by atoms with Gasteiger partial charge in [-0.1, -0.05) is 61.5 Å². The second kappa shape index (κ2) is 11.0. The van der Waals surface area contributed by atoms with Crippen molar-refractivity contribution < 1.29 is 4.79 Å². The van der Waals surface area contributed by atoms with Crippen LogP contribution >= 0.6 is 24.0 Å². The van der Waals surface area contributed by atoms with E-state index in [0.29, 0.717) is 18.4 Å². The normalized spacial score (nSPS) is 14.5. The number of rotatable bonds is 5. The van der Waals surface area contributed by atoms with Gasteiger partial charge >= 0.3 is 0 Å². The molecular weight excluding hydrogens is 463 g/mol. The van der Waals surface area contributed by atoms with Gasteiger partial charge in [0.15, 0.2) is 5.96 Å². The largest absolute Gasteiger partial charge is 0.356 e. The van der Waals surface area contributed by atoms with Crippen LogP contribution in [-0.4, -0.2) is 43.4 Å². The average molecular weight is 492 g/mol. The molecule has 0 saturated heterocycles. The predicted octanol–water partition coefficient (Wildman–Crippen LogP) is 3.16. The predicted molar refractivity (Wildman–Crippen MR) is 125 cm³/mol. The van der Waals surface area contributed by atoms with Crippen molar-refractivity contribution in [2.24, 2.45) is 4.99 Å². The van der Waals surface area contributed by atoms with Crippen LogP contribution < -0.4 is 10.6 Å². The van der Waals surface area contributed by atoms with Crippen LogP contribution in [0.15, 0.2) is 59.6 Å². The summed E-state index contributed by atoms with van der Waals surface area (Å²) in [6.45, 7) is 4.64. The van der Waals surface area contributed by atoms with Crippen LogP contribution in [0.1, 0.15) is 29.5 Å². The van der Waals surface area contributed by atoms with E-state index in [1.54, 1.807) is 7.05 Å². The maximum absolute atomic E-state index is 12.6. The molecule has 1 heterocycles. The van der Waals surface area contributed by atoms with Crippen molar-refractivity contribution >= 4 is 35.8 Å². The third-order valence-corrected chi connectivity index (χ3v) is 5.06. The lowest BCUT2D eigenvalue weighted by molar-refractivity contribution is -0.130. The van der Waals surface area contributed by atoms with Gasteiger partial charge in [-0.15, -0.1) is 24.0 Å². The van der Waals surface area contributed by atoms with Crippen molar-refractivity contribution in [2.45, 2.75) is 25.8 Å². The minimum absolute atomic E-state index is 0. The summed E-state index contributed by atoms with van der Waals surface area (Å²) < 4.78 is 0. The lowest BCUT2D eigenvalue weighted by Crippen LogP contribution is -2.46. The fraction of sp³-hybridized carbons (Fsp3) is 0.364. The van der Waals surface area contributed by atoms with Crippen molar-refractivity contribution in [1.82, 2.24) is 15.5 Å². The molecule has 2 aromatic rings. The Labute approximate surface area is 184 Å². The number of halogens is 1. The minimum atomic E-state index is 0. The second-order valence-corrected chi connectivity index (χ2v) is 6.95. The van der Waals surface area contributed by atoms with Crippen molar-refractivity contribution in [2.75, 3.05) is 26.7 Å². The number of carbonyl (C=O) groups is 1. The molecule has 3 rings (SSSR count). The number of benzene rings is 2. The summed E-state index contributed by atoms with van der Waals surface area (Å²) in [5.41, 5.74) is 3.88. The Morgan fingerprint density at radius 3 is 2.46 bits per heavy atom. The zero-order chi connectivity index (χ0) is 19.1. The lowest BCUT2D eigenvalue weighted by atomic mass is 10.00. The number of nitrogens with one attached hydrogen (secondary N) is 2. The van der Waals surface area contributed by atoms with E-state index in [4.69, 9.17) is 0 Å². The lowest BCUT2D eigenvalue weighted by Gasteiger charge is -2.29. The van der Waals surface area contributed by atoms with Crippen LogP contribution in [0, 0.1) is 0 Å². The summed E-state index contributed by atoms with van der Waals surface area (Å²) in [5, 5.41) is 6.45. The maximum Gasteiger partial charge on any atom is 0.242 e. The summed E-state index contributed by atoms with van der Waals surface area (Å²) in [6, 6.07) is 18.7. The fourth-order valence-corrected chi connectivity index (χ4v) is 3.35. The minimum Gasteiger partial charge on any atom is -0.356 e. The van der Waals surface area contributed by atoms with E-state index in [2.05, 4.69) is 52.9 Å². The Bertz CT molecular complexity index is 794. The average Bonchev–Trinajstić information content (AvgIpc) is 2.73. The molecular formula is C22H29IN4O. The summed E-state index contributed by atoms with van der Waals surface area (Å²) in [7, 11) is 1.73. The van der Waals surface area contributed by atoms with E-state index in [9.17, 15) is 4.79 Å². The molecule has 0 radical (unpaired) electrons. The molecule has 2 aromatic carbocycles. The molecule has 2 N–H and O–H groups in total. The Hall–Kier alpha value is -2.09. The number of guanidine groups is 1. The van der Waals surface area contributed by atoms with Crippen molar-refractivity contribution in [3.05, 3.63) is 71.3 Å². The Morgan fingerprint density at radius 2 is 1.75 bits per heavy atom. The highest BCUT2D eigenvalue weighted by molar-refractivity contribution is 14.0. The number of hydrogen-bond donors (Lipinski definition) is 2. The van der Waals surface area contributed by atoms with Gasteiger partial charge in [-0.3, -0.25) is 9.79 Å². The highest BCUT2D eigenvalue weighted by Gasteiger charge is 2.20. The number of nitrogens with zero attached hydrogens (tertiary/aromatic N) is 2. The summed E-state index contributed by atoms with van der Waals surface area (Å²) >= 11 is 0. The van der Waals surface area contributed by atoms with E-state index in [1.807, 2.05) is 29.2 Å². The van der Waals surface area contributed by atoms with Gasteiger partial charge in [0.05, 0.1) is 6.54 Å². The van der Waals surface area contributed by atoms with E-state index < -0.39 is 0 Å². The van der Waals surface area contributed by atoms with Crippen LogP contribution in [0.4, 0.5) is 0 Å². The van der Waals surface area contributed by atoms with Crippen molar-refractivity contribution in [1.29, 1.82) is 0 Å². The molecule has 1 amide bonds. The van der Waals surface area contributed by atoms with Crippen LogP contribution in [0.2, 0.25) is 0 Å². The molecule has 1 atom stereocenters. The first-order valence-corrected chi connectivity index (χ1v) is 9.51. The highest BCUT2D eigenvalue weighted by Crippen LogP contribution is 2.18. The van der Waals surface area contributed by atoms with E-state index >= 15 is 0 Å². The first-order chi connectivity index (χ1) is 13.2. The van der Waals surface area contributed by atoms with Gasteiger partial charge in [-0.25, -0.2) is 0 Å². The number of aliphatic imine (C=N–C) groups is 1. The third kappa shape index (κ3) is 5.95. The molecule has 0 spiro atoms. The molecule has 6 heteroatoms. The maximum atomic E-state index is 12.6. The first kappa shape index (κ1) is 22.2. The van der Waals surface area contributed by atoms with Gasteiger partial charge in [-0.2, -0.15) is 0 Å². The van der Waals surface area contributed by atoms with E-state index in [0.717, 1.165) is 19.5 Å². The first-order valence-electron chi connectivity index (χ1n) is 9.51. The quantitative estimate of drug-likeness (QED) is 0.383. The standard InChI is InChI=1S/C22H28N4O.HI/c1-17(18-8-4-3-5-9-18)14-24-22(23-2)25-15-21(27)26-13-12-19-10-6-7-11-20(19)16-26;/h3-11,17H,12-16H2,1-2H3,(H2,23,24,25);1H. The smallest absolute Gasteiger partial charge is 0.242 e. The third-order valence-electron chi connectivity index (χ3n) is 5.06.